The highest BCUT2D eigenvalue weighted by atomic mass is 14.5. The molecule has 11 saturated carbocycles. The molecule has 0 aliphatic heterocycles. The third kappa shape index (κ3) is 43.4. The quantitative estimate of drug-likeness (QED) is 0.168. The molecule has 0 spiro atoms. The van der Waals surface area contributed by atoms with Gasteiger partial charge in [0, 0.05) is 0 Å². The van der Waals surface area contributed by atoms with E-state index >= 15 is 0 Å². The van der Waals surface area contributed by atoms with E-state index in [1.54, 1.807) is 11.1 Å². The van der Waals surface area contributed by atoms with Crippen molar-refractivity contribution in [1.29, 1.82) is 0 Å². The smallest absolute Gasteiger partial charge is 0.0173 e. The molecule has 0 radical (unpaired) electrons. The van der Waals surface area contributed by atoms with Crippen LogP contribution in [0.5, 0.6) is 0 Å². The average Bonchev–Trinajstić information content (AvgIpc) is 1.61. The minimum atomic E-state index is 0.431. The van der Waals surface area contributed by atoms with Gasteiger partial charge in [0.1, 0.15) is 0 Å². The molecule has 18 atom stereocenters. The van der Waals surface area contributed by atoms with Gasteiger partial charge in [-0.25, -0.2) is 0 Å². The fraction of sp³-hybridized carbons (Fsp3) is 0.910. The highest BCUT2D eigenvalue weighted by Crippen LogP contribution is 2.58. The molecule has 0 bridgehead atoms. The summed E-state index contributed by atoms with van der Waals surface area (Å²) in [5.41, 5.74) is 9.60. The summed E-state index contributed by atoms with van der Waals surface area (Å²) in [4.78, 5) is 0. The van der Waals surface area contributed by atoms with Crippen LogP contribution in [0.2, 0.25) is 0 Å². The maximum absolute atomic E-state index is 2.44. The van der Waals surface area contributed by atoms with Gasteiger partial charge in [-0.15, -0.1) is 0 Å². The third-order valence-corrected chi connectivity index (χ3v) is 39.1. The van der Waals surface area contributed by atoms with Crippen molar-refractivity contribution in [2.45, 2.75) is 596 Å². The SMILES string of the molecule is CC(C)(C)C1=CCCCC1.CC(C)(C)C1=CCCCC1.CC(C)(C)C1C=CCCC1.CC(C)(C)C1C=CCCC1.CC(C)(C)C1CC2CCCC2C1.CC(C)(C)C1CC=CCC1.CC(C)(C)C1CC=CCC1.CC(C)(C)C1CCC2CCCC21.CC(C)(C)C1CCC2CCCCC21.CC(C)(C)C1CCC2CCCCC21.CC(C)(C)C1CCC2CCCCC21.CC(C)(C)C1CCCCCC1. The van der Waals surface area contributed by atoms with E-state index in [2.05, 4.69) is 310 Å². The Morgan fingerprint density at radius 1 is 0.179 bits per heavy atom. The minimum absolute atomic E-state index is 0.431. The highest BCUT2D eigenvalue weighted by molar-refractivity contribution is 5.14. The van der Waals surface area contributed by atoms with Crippen molar-refractivity contribution in [3.63, 3.8) is 0 Å². The lowest BCUT2D eigenvalue weighted by Crippen LogP contribution is -2.28. The lowest BCUT2D eigenvalue weighted by Gasteiger charge is -2.36. The van der Waals surface area contributed by atoms with Crippen LogP contribution >= 0.6 is 0 Å². The van der Waals surface area contributed by atoms with E-state index in [1.807, 2.05) is 0 Å². The molecule has 11 fully saturated rings. The Morgan fingerprint density at radius 3 is 0.679 bits per heavy atom. The van der Waals surface area contributed by atoms with Gasteiger partial charge >= 0.3 is 0 Å². The molecule has 17 rings (SSSR count). The molecular formula is C134H246. The number of rotatable bonds is 0. The molecule has 0 saturated heterocycles. The first-order chi connectivity index (χ1) is 62.2. The van der Waals surface area contributed by atoms with E-state index < -0.39 is 0 Å². The van der Waals surface area contributed by atoms with Crippen LogP contribution in [0.25, 0.3) is 0 Å². The van der Waals surface area contributed by atoms with Gasteiger partial charge in [0.2, 0.25) is 0 Å². The van der Waals surface area contributed by atoms with E-state index in [9.17, 15) is 0 Å². The summed E-state index contributed by atoms with van der Waals surface area (Å²) in [6.45, 7) is 85.5. The van der Waals surface area contributed by atoms with Crippen LogP contribution in [-0.2, 0) is 0 Å². The number of fused-ring (bicyclic) bond motifs is 5. The summed E-state index contributed by atoms with van der Waals surface area (Å²) in [5, 5.41) is 0. The number of hydrogen-bond donors (Lipinski definition) is 0. The number of allylic oxidation sites excluding steroid dienone is 12. The normalized spacial score (nSPS) is 32.2. The fourth-order valence-electron chi connectivity index (χ4n) is 29.7. The Bertz CT molecular complexity index is 3090. The maximum Gasteiger partial charge on any atom is -0.0173 e. The van der Waals surface area contributed by atoms with Crippen LogP contribution in [0.15, 0.2) is 71.9 Å². The molecule has 0 amide bonds. The molecule has 17 aliphatic carbocycles. The zero-order chi connectivity index (χ0) is 100.0. The molecule has 0 heteroatoms. The maximum atomic E-state index is 2.44. The van der Waals surface area contributed by atoms with Crippen molar-refractivity contribution in [3.8, 4) is 0 Å². The summed E-state index contributed by atoms with van der Waals surface area (Å²) in [6, 6.07) is 0. The van der Waals surface area contributed by atoms with Crippen LogP contribution < -0.4 is 0 Å². The molecule has 782 valence electrons. The predicted octanol–water partition coefficient (Wildman–Crippen LogP) is 45.1. The van der Waals surface area contributed by atoms with E-state index in [-0.39, 0.29) is 0 Å². The Morgan fingerprint density at radius 2 is 0.455 bits per heavy atom. The molecule has 0 aromatic rings. The van der Waals surface area contributed by atoms with Gasteiger partial charge in [0.25, 0.3) is 0 Å². The Hall–Kier alpha value is -1.56. The molecule has 134 heavy (non-hydrogen) atoms. The van der Waals surface area contributed by atoms with Crippen molar-refractivity contribution in [2.75, 3.05) is 0 Å². The molecular weight excluding hydrogens is 1610 g/mol. The lowest BCUT2D eigenvalue weighted by atomic mass is 9.69. The minimum Gasteiger partial charge on any atom is -0.0885 e. The predicted molar refractivity (Wildman–Crippen MR) is 605 cm³/mol. The Labute approximate surface area is 845 Å². The highest BCUT2D eigenvalue weighted by Gasteiger charge is 2.48. The summed E-state index contributed by atoms with van der Waals surface area (Å²) in [7, 11) is 0. The van der Waals surface area contributed by atoms with E-state index in [0.29, 0.717) is 65.0 Å². The molecule has 0 aromatic carbocycles. The van der Waals surface area contributed by atoms with Crippen molar-refractivity contribution in [2.24, 2.45) is 183 Å². The molecule has 0 aromatic heterocycles. The fourth-order valence-corrected chi connectivity index (χ4v) is 29.7. The van der Waals surface area contributed by atoms with Crippen LogP contribution in [0.1, 0.15) is 596 Å². The van der Waals surface area contributed by atoms with Crippen molar-refractivity contribution in [1.82, 2.24) is 0 Å². The third-order valence-electron chi connectivity index (χ3n) is 39.1. The lowest BCUT2D eigenvalue weighted by molar-refractivity contribution is 0.133. The summed E-state index contributed by atoms with van der Waals surface area (Å²) in [5.74, 6) is 20.7. The zero-order valence-corrected chi connectivity index (χ0v) is 98.5. The second-order valence-electron chi connectivity index (χ2n) is 61.5. The van der Waals surface area contributed by atoms with Crippen molar-refractivity contribution in [3.05, 3.63) is 71.9 Å². The topological polar surface area (TPSA) is 0 Å². The standard InChI is InChI=1S/3C13H24.2C12H22.C11H22.6C10H18/c3*1-13(2,3)12-9-8-10-6-4-5-7-11(10)12;1-12(2,3)11-7-9-5-4-6-10(9)8-11;1-12(2,3)11-8-7-9-5-4-6-10(9)11;1-11(2,3)10-8-6-4-5-7-9-10;6*1-10(2,3)9-7-5-4-6-8-9/h3*10-12H,4-9H2,1-3H3;2*9-11H,4-8H2,1-3H3;10H,4-9H2,1-3H3;2*7H,4-6,8H2,1-3H3;2*5,7,9H,4,6,8H2,1-3H3;2*4-5,9H,6-8H2,1-3H3. The first-order valence-electron chi connectivity index (χ1n) is 60.2. The van der Waals surface area contributed by atoms with Gasteiger partial charge in [-0.05, 0) is 414 Å². The summed E-state index contributed by atoms with van der Waals surface area (Å²) >= 11 is 0. The van der Waals surface area contributed by atoms with Gasteiger partial charge < -0.3 is 0 Å². The van der Waals surface area contributed by atoms with Crippen LogP contribution in [0.3, 0.4) is 0 Å². The zero-order valence-electron chi connectivity index (χ0n) is 98.5. The van der Waals surface area contributed by atoms with Gasteiger partial charge in [0.05, 0.1) is 0 Å². The molecule has 0 N–H and O–H groups in total. The summed E-state index contributed by atoms with van der Waals surface area (Å²) < 4.78 is 0. The molecule has 0 nitrogen and oxygen atoms in total. The summed E-state index contributed by atoms with van der Waals surface area (Å²) in [6.07, 6.45) is 102. The monoisotopic (exact) mass is 1860 g/mol. The van der Waals surface area contributed by atoms with Crippen LogP contribution in [0.4, 0.5) is 0 Å². The van der Waals surface area contributed by atoms with Crippen LogP contribution in [-0.4, -0.2) is 0 Å². The van der Waals surface area contributed by atoms with Gasteiger partial charge in [-0.1, -0.05) is 437 Å². The van der Waals surface area contributed by atoms with Crippen molar-refractivity contribution >= 4 is 0 Å². The largest absolute Gasteiger partial charge is 0.0885 e. The van der Waals surface area contributed by atoms with Gasteiger partial charge in [-0.3, -0.25) is 0 Å². The molecule has 17 aliphatic rings. The van der Waals surface area contributed by atoms with Gasteiger partial charge in [-0.2, -0.15) is 0 Å². The van der Waals surface area contributed by atoms with E-state index in [1.165, 1.54) is 347 Å². The van der Waals surface area contributed by atoms with E-state index in [4.69, 9.17) is 0 Å². The molecule has 18 unspecified atom stereocenters. The molecule has 0 heterocycles. The second-order valence-corrected chi connectivity index (χ2v) is 61.5. The average molecular weight is 1860 g/mol. The van der Waals surface area contributed by atoms with Crippen molar-refractivity contribution < 1.29 is 0 Å². The van der Waals surface area contributed by atoms with Crippen LogP contribution in [0, 0.1) is 183 Å². The van der Waals surface area contributed by atoms with Gasteiger partial charge in [0.15, 0.2) is 0 Å². The first-order valence-corrected chi connectivity index (χ1v) is 60.2. The second kappa shape index (κ2) is 55.7. The first kappa shape index (κ1) is 121. The Balaban J connectivity index is 0.000000225. The van der Waals surface area contributed by atoms with E-state index in [0.717, 1.165) is 118 Å². The Kier molecular flexibility index (Phi) is 50.3. The number of hydrogen-bond acceptors (Lipinski definition) is 0.